The van der Waals surface area contributed by atoms with E-state index in [1.807, 2.05) is 6.92 Å². The van der Waals surface area contributed by atoms with Gasteiger partial charge in [-0.3, -0.25) is 4.79 Å². The molecule has 1 aromatic rings. The standard InChI is InChI=1S/C19H27FN2O3S/c1-3-7-18(23)21-15-19(16-8-5-6-9-17(16)20)10-12-22(13-11-19)26(24,25)14-4-2/h3,5-9H,4,10-15H2,1-2H3,(H,21,23)/b7-3+. The lowest BCUT2D eigenvalue weighted by Gasteiger charge is -2.42. The minimum absolute atomic E-state index is 0.123. The van der Waals surface area contributed by atoms with Crippen LogP contribution < -0.4 is 5.32 Å². The molecule has 1 heterocycles. The van der Waals surface area contributed by atoms with Gasteiger partial charge in [0.1, 0.15) is 5.82 Å². The molecule has 1 aliphatic rings. The van der Waals surface area contributed by atoms with Crippen molar-refractivity contribution in [3.05, 3.63) is 47.8 Å². The van der Waals surface area contributed by atoms with Crippen LogP contribution in [0.3, 0.4) is 0 Å². The van der Waals surface area contributed by atoms with Gasteiger partial charge in [-0.1, -0.05) is 31.2 Å². The van der Waals surface area contributed by atoms with E-state index in [0.717, 1.165) is 0 Å². The second kappa shape index (κ2) is 8.77. The topological polar surface area (TPSA) is 66.5 Å². The first-order chi connectivity index (χ1) is 12.3. The molecule has 1 aliphatic heterocycles. The number of rotatable bonds is 7. The number of amides is 1. The minimum atomic E-state index is -3.27. The molecule has 0 unspecified atom stereocenters. The van der Waals surface area contributed by atoms with Crippen molar-refractivity contribution >= 4 is 15.9 Å². The zero-order valence-corrected chi connectivity index (χ0v) is 16.2. The monoisotopic (exact) mass is 382 g/mol. The van der Waals surface area contributed by atoms with Gasteiger partial charge in [-0.25, -0.2) is 17.1 Å². The molecule has 5 nitrogen and oxygen atoms in total. The van der Waals surface area contributed by atoms with Crippen molar-refractivity contribution < 1.29 is 17.6 Å². The van der Waals surface area contributed by atoms with Crippen LogP contribution in [0.4, 0.5) is 4.39 Å². The number of carbonyl (C=O) groups is 1. The highest BCUT2D eigenvalue weighted by molar-refractivity contribution is 7.89. The number of hydrogen-bond acceptors (Lipinski definition) is 3. The molecule has 26 heavy (non-hydrogen) atoms. The van der Waals surface area contributed by atoms with Crippen molar-refractivity contribution in [2.45, 2.75) is 38.5 Å². The molecule has 7 heteroatoms. The van der Waals surface area contributed by atoms with Gasteiger partial charge < -0.3 is 5.32 Å². The van der Waals surface area contributed by atoms with E-state index in [9.17, 15) is 17.6 Å². The molecule has 1 fully saturated rings. The Morgan fingerprint density at radius 2 is 1.96 bits per heavy atom. The summed E-state index contributed by atoms with van der Waals surface area (Å²) in [5.41, 5.74) is -0.0748. The Labute approximate surface area is 155 Å². The van der Waals surface area contributed by atoms with Crippen LogP contribution in [0, 0.1) is 5.82 Å². The van der Waals surface area contributed by atoms with Gasteiger partial charge in [-0.2, -0.15) is 0 Å². The van der Waals surface area contributed by atoms with Crippen LogP contribution in [0.25, 0.3) is 0 Å². The van der Waals surface area contributed by atoms with Crippen molar-refractivity contribution in [3.63, 3.8) is 0 Å². The molecule has 144 valence electrons. The third kappa shape index (κ3) is 4.71. The summed E-state index contributed by atoms with van der Waals surface area (Å²) in [7, 11) is -3.27. The summed E-state index contributed by atoms with van der Waals surface area (Å²) in [6.45, 7) is 4.52. The smallest absolute Gasteiger partial charge is 0.243 e. The van der Waals surface area contributed by atoms with Gasteiger partial charge >= 0.3 is 0 Å². The number of piperidine rings is 1. The van der Waals surface area contributed by atoms with Gasteiger partial charge in [0.15, 0.2) is 0 Å². The lowest BCUT2D eigenvalue weighted by Crippen LogP contribution is -2.50. The number of allylic oxidation sites excluding steroid dienone is 1. The number of carbonyl (C=O) groups excluding carboxylic acids is 1. The number of nitrogens with one attached hydrogen (secondary N) is 1. The van der Waals surface area contributed by atoms with Crippen LogP contribution in [0.5, 0.6) is 0 Å². The first-order valence-electron chi connectivity index (χ1n) is 8.98. The summed E-state index contributed by atoms with van der Waals surface area (Å²) in [6.07, 6.45) is 4.57. The van der Waals surface area contributed by atoms with E-state index >= 15 is 0 Å². The molecule has 2 rings (SSSR count). The highest BCUT2D eigenvalue weighted by Crippen LogP contribution is 2.37. The largest absolute Gasteiger partial charge is 0.352 e. The maximum absolute atomic E-state index is 14.5. The summed E-state index contributed by atoms with van der Waals surface area (Å²) in [4.78, 5) is 11.9. The van der Waals surface area contributed by atoms with E-state index in [0.29, 0.717) is 37.9 Å². The Bertz CT molecular complexity index is 754. The van der Waals surface area contributed by atoms with E-state index in [1.54, 1.807) is 31.2 Å². The fraction of sp³-hybridized carbons (Fsp3) is 0.526. The van der Waals surface area contributed by atoms with Gasteiger partial charge in [-0.05, 0) is 43.9 Å². The maximum Gasteiger partial charge on any atom is 0.243 e. The second-order valence-electron chi connectivity index (χ2n) is 6.69. The Balaban J connectivity index is 2.24. The highest BCUT2D eigenvalue weighted by Gasteiger charge is 2.40. The molecule has 0 saturated carbocycles. The summed E-state index contributed by atoms with van der Waals surface area (Å²) >= 11 is 0. The predicted molar refractivity (Wildman–Crippen MR) is 101 cm³/mol. The van der Waals surface area contributed by atoms with E-state index in [2.05, 4.69) is 5.32 Å². The number of sulfonamides is 1. The van der Waals surface area contributed by atoms with Crippen LogP contribution in [0.15, 0.2) is 36.4 Å². The Morgan fingerprint density at radius 3 is 2.54 bits per heavy atom. The van der Waals surface area contributed by atoms with Crippen molar-refractivity contribution in [3.8, 4) is 0 Å². The number of benzene rings is 1. The Kier molecular flexibility index (Phi) is 6.94. The number of hydrogen-bond donors (Lipinski definition) is 1. The van der Waals surface area contributed by atoms with E-state index in [1.165, 1.54) is 16.4 Å². The molecule has 0 aliphatic carbocycles. The van der Waals surface area contributed by atoms with Gasteiger partial charge in [0.05, 0.1) is 5.75 Å². The zero-order valence-electron chi connectivity index (χ0n) is 15.4. The van der Waals surface area contributed by atoms with E-state index in [-0.39, 0.29) is 24.0 Å². The van der Waals surface area contributed by atoms with Crippen molar-refractivity contribution in [1.29, 1.82) is 0 Å². The van der Waals surface area contributed by atoms with Gasteiger partial charge in [-0.15, -0.1) is 0 Å². The van der Waals surface area contributed by atoms with Gasteiger partial charge in [0, 0.05) is 25.0 Å². The molecule has 0 spiro atoms. The van der Waals surface area contributed by atoms with Crippen LogP contribution in [-0.2, 0) is 20.2 Å². The summed E-state index contributed by atoms with van der Waals surface area (Å²) in [5.74, 6) is -0.431. The molecular formula is C19H27FN2O3S. The molecule has 0 radical (unpaired) electrons. The second-order valence-corrected chi connectivity index (χ2v) is 8.78. The first kappa shape index (κ1) is 20.6. The number of halogens is 1. The van der Waals surface area contributed by atoms with Crippen LogP contribution in [-0.4, -0.2) is 44.0 Å². The lowest BCUT2D eigenvalue weighted by atomic mass is 9.73. The summed E-state index contributed by atoms with van der Waals surface area (Å²) in [5, 5.41) is 2.84. The average molecular weight is 383 g/mol. The summed E-state index contributed by atoms with van der Waals surface area (Å²) < 4.78 is 40.6. The van der Waals surface area contributed by atoms with Crippen LogP contribution >= 0.6 is 0 Å². The highest BCUT2D eigenvalue weighted by atomic mass is 32.2. The normalized spacial score (nSPS) is 18.1. The molecule has 0 aromatic heterocycles. The summed E-state index contributed by atoms with van der Waals surface area (Å²) in [6, 6.07) is 6.54. The van der Waals surface area contributed by atoms with Crippen molar-refractivity contribution in [1.82, 2.24) is 9.62 Å². The minimum Gasteiger partial charge on any atom is -0.352 e. The van der Waals surface area contributed by atoms with E-state index in [4.69, 9.17) is 0 Å². The van der Waals surface area contributed by atoms with Crippen molar-refractivity contribution in [2.24, 2.45) is 0 Å². The lowest BCUT2D eigenvalue weighted by molar-refractivity contribution is -0.116. The van der Waals surface area contributed by atoms with E-state index < -0.39 is 15.4 Å². The molecule has 1 amide bonds. The fourth-order valence-corrected chi connectivity index (χ4v) is 4.99. The SMILES string of the molecule is C/C=C/C(=O)NCC1(c2ccccc2F)CCN(S(=O)(=O)CCC)CC1. The van der Waals surface area contributed by atoms with Gasteiger partial charge in [0.25, 0.3) is 0 Å². The molecule has 1 saturated heterocycles. The van der Waals surface area contributed by atoms with Crippen molar-refractivity contribution in [2.75, 3.05) is 25.4 Å². The third-order valence-electron chi connectivity index (χ3n) is 4.90. The van der Waals surface area contributed by atoms with Gasteiger partial charge in [0.2, 0.25) is 15.9 Å². The third-order valence-corrected chi connectivity index (χ3v) is 6.98. The predicted octanol–water partition coefficient (Wildman–Crippen LogP) is 2.59. The maximum atomic E-state index is 14.5. The van der Waals surface area contributed by atoms with Crippen LogP contribution in [0.1, 0.15) is 38.7 Å². The molecule has 1 aromatic carbocycles. The number of nitrogens with zero attached hydrogens (tertiary/aromatic N) is 1. The first-order valence-corrected chi connectivity index (χ1v) is 10.6. The molecule has 0 atom stereocenters. The zero-order chi connectivity index (χ0) is 19.2. The Hall–Kier alpha value is -1.73. The molecule has 0 bridgehead atoms. The van der Waals surface area contributed by atoms with Crippen LogP contribution in [0.2, 0.25) is 0 Å². The molecular weight excluding hydrogens is 355 g/mol. The molecule has 1 N–H and O–H groups in total. The quantitative estimate of drug-likeness (QED) is 0.737. The Morgan fingerprint density at radius 1 is 1.31 bits per heavy atom. The fourth-order valence-electron chi connectivity index (χ4n) is 3.48. The average Bonchev–Trinajstić information content (AvgIpc) is 2.61.